The second-order valence-electron chi connectivity index (χ2n) is 5.86. The molecule has 3 nitrogen and oxygen atoms in total. The Morgan fingerprint density at radius 1 is 1.44 bits per heavy atom. The van der Waals surface area contributed by atoms with Crippen LogP contribution in [0.3, 0.4) is 0 Å². The average molecular weight is 265 g/mol. The van der Waals surface area contributed by atoms with E-state index in [1.807, 2.05) is 11.3 Å². The van der Waals surface area contributed by atoms with Gasteiger partial charge in [0.15, 0.2) is 0 Å². The van der Waals surface area contributed by atoms with E-state index in [-0.39, 0.29) is 5.54 Å². The number of piperidine rings is 1. The van der Waals surface area contributed by atoms with Gasteiger partial charge in [0.2, 0.25) is 0 Å². The Morgan fingerprint density at radius 3 is 2.94 bits per heavy atom. The Morgan fingerprint density at radius 2 is 2.28 bits per heavy atom. The number of aryl methyl sites for hydroxylation is 2. The van der Waals surface area contributed by atoms with E-state index >= 15 is 0 Å². The molecule has 2 atom stereocenters. The Labute approximate surface area is 114 Å². The van der Waals surface area contributed by atoms with Crippen molar-refractivity contribution in [2.24, 2.45) is 0 Å². The third-order valence-electron chi connectivity index (χ3n) is 4.77. The standard InChI is InChI=1S/C14H23N3S/c1-10-9-14(15-2,7-8-17(10)3)13-16-11-5-4-6-12(11)18-13/h10,15H,4-9H2,1-3H3. The summed E-state index contributed by atoms with van der Waals surface area (Å²) in [6, 6.07) is 0.630. The molecular weight excluding hydrogens is 242 g/mol. The molecule has 3 rings (SSSR count). The first-order valence-electron chi connectivity index (χ1n) is 7.03. The minimum Gasteiger partial charge on any atom is -0.308 e. The summed E-state index contributed by atoms with van der Waals surface area (Å²) in [6.45, 7) is 3.48. The molecular formula is C14H23N3S. The zero-order valence-corrected chi connectivity index (χ0v) is 12.4. The van der Waals surface area contributed by atoms with Crippen molar-refractivity contribution in [1.29, 1.82) is 0 Å². The van der Waals surface area contributed by atoms with Crippen LogP contribution in [0.5, 0.6) is 0 Å². The van der Waals surface area contributed by atoms with E-state index < -0.39 is 0 Å². The van der Waals surface area contributed by atoms with Crippen molar-refractivity contribution in [2.45, 2.75) is 50.6 Å². The van der Waals surface area contributed by atoms with Crippen molar-refractivity contribution in [2.75, 3.05) is 20.6 Å². The fourth-order valence-electron chi connectivity index (χ4n) is 3.27. The summed E-state index contributed by atoms with van der Waals surface area (Å²) in [5.41, 5.74) is 1.51. The summed E-state index contributed by atoms with van der Waals surface area (Å²) in [5.74, 6) is 0. The highest BCUT2D eigenvalue weighted by atomic mass is 32.1. The Kier molecular flexibility index (Phi) is 3.20. The maximum Gasteiger partial charge on any atom is 0.113 e. The van der Waals surface area contributed by atoms with Crippen LogP contribution in [0.15, 0.2) is 0 Å². The van der Waals surface area contributed by atoms with E-state index in [1.54, 1.807) is 4.88 Å². The number of rotatable bonds is 2. The minimum atomic E-state index is 0.126. The number of nitrogens with zero attached hydrogens (tertiary/aromatic N) is 2. The van der Waals surface area contributed by atoms with Crippen molar-refractivity contribution in [3.8, 4) is 0 Å². The van der Waals surface area contributed by atoms with Gasteiger partial charge in [0.25, 0.3) is 0 Å². The van der Waals surface area contributed by atoms with E-state index in [1.165, 1.54) is 42.8 Å². The van der Waals surface area contributed by atoms with E-state index in [9.17, 15) is 0 Å². The molecule has 1 aromatic heterocycles. The number of hydrogen-bond donors (Lipinski definition) is 1. The van der Waals surface area contributed by atoms with Crippen LogP contribution >= 0.6 is 11.3 Å². The van der Waals surface area contributed by atoms with Crippen molar-refractivity contribution >= 4 is 11.3 Å². The first-order valence-corrected chi connectivity index (χ1v) is 7.84. The minimum absolute atomic E-state index is 0.126. The Hall–Kier alpha value is -0.450. The predicted octanol–water partition coefficient (Wildman–Crippen LogP) is 2.16. The lowest BCUT2D eigenvalue weighted by atomic mass is 9.84. The number of nitrogens with one attached hydrogen (secondary N) is 1. The van der Waals surface area contributed by atoms with Crippen molar-refractivity contribution in [3.05, 3.63) is 15.6 Å². The average Bonchev–Trinajstić information content (AvgIpc) is 2.93. The Balaban J connectivity index is 1.91. The second-order valence-corrected chi connectivity index (χ2v) is 6.94. The van der Waals surface area contributed by atoms with Gasteiger partial charge < -0.3 is 10.2 Å². The van der Waals surface area contributed by atoms with Gasteiger partial charge in [-0.05, 0) is 53.1 Å². The van der Waals surface area contributed by atoms with Crippen LogP contribution in [0.1, 0.15) is 41.8 Å². The van der Waals surface area contributed by atoms with Crippen LogP contribution in [0, 0.1) is 0 Å². The summed E-state index contributed by atoms with van der Waals surface area (Å²) in [5, 5.41) is 4.94. The number of hydrogen-bond acceptors (Lipinski definition) is 4. The Bertz CT molecular complexity index is 421. The van der Waals surface area contributed by atoms with Crippen molar-refractivity contribution < 1.29 is 0 Å². The van der Waals surface area contributed by atoms with Gasteiger partial charge in [-0.2, -0.15) is 0 Å². The SMILES string of the molecule is CNC1(c2nc3c(s2)CCC3)CCN(C)C(C)C1. The number of fused-ring (bicyclic) bond motifs is 1. The monoisotopic (exact) mass is 265 g/mol. The first-order chi connectivity index (χ1) is 8.64. The highest BCUT2D eigenvalue weighted by Crippen LogP contribution is 2.40. The summed E-state index contributed by atoms with van der Waals surface area (Å²) < 4.78 is 0. The van der Waals surface area contributed by atoms with E-state index in [2.05, 4.69) is 31.2 Å². The highest BCUT2D eigenvalue weighted by molar-refractivity contribution is 7.12. The third-order valence-corrected chi connectivity index (χ3v) is 6.13. The second kappa shape index (κ2) is 4.58. The molecule has 1 aromatic rings. The molecule has 1 aliphatic carbocycles. The van der Waals surface area contributed by atoms with Gasteiger partial charge in [-0.25, -0.2) is 4.98 Å². The van der Waals surface area contributed by atoms with Crippen molar-refractivity contribution in [3.63, 3.8) is 0 Å². The molecule has 1 aliphatic heterocycles. The normalized spacial score (nSPS) is 32.7. The van der Waals surface area contributed by atoms with Gasteiger partial charge in [-0.1, -0.05) is 0 Å². The molecule has 0 bridgehead atoms. The third kappa shape index (κ3) is 1.91. The number of aromatic nitrogens is 1. The zero-order chi connectivity index (χ0) is 12.8. The molecule has 0 amide bonds. The van der Waals surface area contributed by atoms with Crippen LogP contribution < -0.4 is 5.32 Å². The molecule has 0 aromatic carbocycles. The molecule has 0 radical (unpaired) electrons. The van der Waals surface area contributed by atoms with Crippen molar-refractivity contribution in [1.82, 2.24) is 15.2 Å². The largest absolute Gasteiger partial charge is 0.308 e. The molecule has 2 unspecified atom stereocenters. The zero-order valence-electron chi connectivity index (χ0n) is 11.6. The molecule has 100 valence electrons. The van der Waals surface area contributed by atoms with Gasteiger partial charge in [0.1, 0.15) is 5.01 Å². The molecule has 0 spiro atoms. The predicted molar refractivity (Wildman–Crippen MR) is 76.2 cm³/mol. The van der Waals surface area contributed by atoms with Crippen LogP contribution in [0.2, 0.25) is 0 Å². The van der Waals surface area contributed by atoms with E-state index in [0.717, 1.165) is 6.54 Å². The van der Waals surface area contributed by atoms with Gasteiger partial charge in [-0.3, -0.25) is 0 Å². The maximum atomic E-state index is 4.95. The van der Waals surface area contributed by atoms with Crippen LogP contribution in [0.4, 0.5) is 0 Å². The molecule has 2 heterocycles. The summed E-state index contributed by atoms with van der Waals surface area (Å²) in [7, 11) is 4.33. The fourth-order valence-corrected chi connectivity index (χ4v) is 4.66. The smallest absolute Gasteiger partial charge is 0.113 e. The van der Waals surface area contributed by atoms with Gasteiger partial charge in [0, 0.05) is 17.5 Å². The number of likely N-dealkylation sites (tertiary alicyclic amines) is 1. The quantitative estimate of drug-likeness (QED) is 0.888. The molecule has 2 aliphatic rings. The van der Waals surface area contributed by atoms with Crippen LogP contribution in [0.25, 0.3) is 0 Å². The highest BCUT2D eigenvalue weighted by Gasteiger charge is 2.40. The molecule has 1 N–H and O–H groups in total. The summed E-state index contributed by atoms with van der Waals surface area (Å²) in [6.07, 6.45) is 6.10. The summed E-state index contributed by atoms with van der Waals surface area (Å²) in [4.78, 5) is 8.96. The van der Waals surface area contributed by atoms with Gasteiger partial charge in [-0.15, -0.1) is 11.3 Å². The summed E-state index contributed by atoms with van der Waals surface area (Å²) >= 11 is 1.96. The number of thiazole rings is 1. The fraction of sp³-hybridized carbons (Fsp3) is 0.786. The lowest BCUT2D eigenvalue weighted by molar-refractivity contribution is 0.111. The first kappa shape index (κ1) is 12.6. The topological polar surface area (TPSA) is 28.2 Å². The molecule has 4 heteroatoms. The van der Waals surface area contributed by atoms with Crippen LogP contribution in [-0.2, 0) is 18.4 Å². The lowest BCUT2D eigenvalue weighted by Gasteiger charge is -2.43. The van der Waals surface area contributed by atoms with E-state index in [0.29, 0.717) is 6.04 Å². The molecule has 0 saturated carbocycles. The molecule has 18 heavy (non-hydrogen) atoms. The van der Waals surface area contributed by atoms with Gasteiger partial charge in [0.05, 0.1) is 11.2 Å². The van der Waals surface area contributed by atoms with Crippen LogP contribution in [-0.4, -0.2) is 36.6 Å². The van der Waals surface area contributed by atoms with E-state index in [4.69, 9.17) is 4.98 Å². The lowest BCUT2D eigenvalue weighted by Crippen LogP contribution is -2.52. The maximum absolute atomic E-state index is 4.95. The molecule has 1 saturated heterocycles. The van der Waals surface area contributed by atoms with Gasteiger partial charge >= 0.3 is 0 Å². The molecule has 1 fully saturated rings.